The standard InChI is InChI=1S/C21H24N4O3/c1-3-10-24(15-19(26)28-4-2)21(27)18-11-17-13-23-25(20(17)22-12-18)14-16-8-6-5-7-9-16/h5-9,11-13H,3-4,10,14-15H2,1-2H3. The van der Waals surface area contributed by atoms with Crippen molar-refractivity contribution in [1.29, 1.82) is 0 Å². The molecule has 0 aliphatic carbocycles. The zero-order valence-electron chi connectivity index (χ0n) is 16.2. The third kappa shape index (κ3) is 4.54. The number of hydrogen-bond acceptors (Lipinski definition) is 5. The molecule has 7 nitrogen and oxygen atoms in total. The molecule has 0 aliphatic rings. The van der Waals surface area contributed by atoms with Gasteiger partial charge in [0.05, 0.1) is 24.9 Å². The lowest BCUT2D eigenvalue weighted by Gasteiger charge is -2.21. The Bertz CT molecular complexity index is 953. The lowest BCUT2D eigenvalue weighted by atomic mass is 10.2. The van der Waals surface area contributed by atoms with Crippen LogP contribution >= 0.6 is 0 Å². The molecule has 0 radical (unpaired) electrons. The summed E-state index contributed by atoms with van der Waals surface area (Å²) in [5.74, 6) is -0.644. The van der Waals surface area contributed by atoms with E-state index in [2.05, 4.69) is 10.1 Å². The highest BCUT2D eigenvalue weighted by molar-refractivity contribution is 5.98. The maximum atomic E-state index is 12.9. The molecular weight excluding hydrogens is 356 g/mol. The highest BCUT2D eigenvalue weighted by Gasteiger charge is 2.20. The molecule has 1 amide bonds. The molecule has 0 aliphatic heterocycles. The predicted octanol–water partition coefficient (Wildman–Crippen LogP) is 2.89. The Hall–Kier alpha value is -3.22. The number of amides is 1. The lowest BCUT2D eigenvalue weighted by molar-refractivity contribution is -0.143. The Morgan fingerprint density at radius 1 is 1.14 bits per heavy atom. The maximum absolute atomic E-state index is 12.9. The van der Waals surface area contributed by atoms with Gasteiger partial charge in [0.1, 0.15) is 6.54 Å². The van der Waals surface area contributed by atoms with E-state index >= 15 is 0 Å². The molecule has 0 unspecified atom stereocenters. The molecule has 0 spiro atoms. The number of carbonyl (C=O) groups excluding carboxylic acids is 2. The van der Waals surface area contributed by atoms with Crippen LogP contribution in [-0.4, -0.2) is 51.2 Å². The molecule has 2 heterocycles. The number of ether oxygens (including phenoxy) is 1. The summed E-state index contributed by atoms with van der Waals surface area (Å²) in [6.07, 6.45) is 4.00. The van der Waals surface area contributed by atoms with Crippen LogP contribution in [0.15, 0.2) is 48.8 Å². The van der Waals surface area contributed by atoms with Crippen molar-refractivity contribution in [3.63, 3.8) is 0 Å². The normalized spacial score (nSPS) is 10.8. The number of benzene rings is 1. The summed E-state index contributed by atoms with van der Waals surface area (Å²) in [5, 5.41) is 5.19. The van der Waals surface area contributed by atoms with Crippen molar-refractivity contribution < 1.29 is 14.3 Å². The Balaban J connectivity index is 1.81. The number of esters is 1. The number of fused-ring (bicyclic) bond motifs is 1. The largest absolute Gasteiger partial charge is 0.465 e. The molecule has 0 atom stereocenters. The monoisotopic (exact) mass is 380 g/mol. The molecule has 3 rings (SSSR count). The highest BCUT2D eigenvalue weighted by atomic mass is 16.5. The number of pyridine rings is 1. The van der Waals surface area contributed by atoms with Gasteiger partial charge < -0.3 is 9.64 Å². The second kappa shape index (κ2) is 9.12. The van der Waals surface area contributed by atoms with Crippen LogP contribution in [0.4, 0.5) is 0 Å². The average Bonchev–Trinajstić information content (AvgIpc) is 3.10. The van der Waals surface area contributed by atoms with E-state index in [1.165, 1.54) is 4.90 Å². The first kappa shape index (κ1) is 19.5. The number of aromatic nitrogens is 3. The quantitative estimate of drug-likeness (QED) is 0.562. The molecule has 1 aromatic carbocycles. The fourth-order valence-electron chi connectivity index (χ4n) is 3.03. The third-order valence-electron chi connectivity index (χ3n) is 4.30. The van der Waals surface area contributed by atoms with E-state index in [1.807, 2.05) is 37.3 Å². The van der Waals surface area contributed by atoms with Gasteiger partial charge in [0.2, 0.25) is 0 Å². The first-order valence-corrected chi connectivity index (χ1v) is 9.42. The fraction of sp³-hybridized carbons (Fsp3) is 0.333. The van der Waals surface area contributed by atoms with Gasteiger partial charge in [-0.3, -0.25) is 9.59 Å². The number of hydrogen-bond donors (Lipinski definition) is 0. The fourth-order valence-corrected chi connectivity index (χ4v) is 3.03. The van der Waals surface area contributed by atoms with Crippen LogP contribution in [0, 0.1) is 0 Å². The minimum absolute atomic E-state index is 0.0637. The zero-order chi connectivity index (χ0) is 19.9. The molecular formula is C21H24N4O3. The molecule has 0 N–H and O–H groups in total. The number of rotatable bonds is 8. The Morgan fingerprint density at radius 3 is 2.64 bits per heavy atom. The summed E-state index contributed by atoms with van der Waals surface area (Å²) >= 11 is 0. The Morgan fingerprint density at radius 2 is 1.93 bits per heavy atom. The van der Waals surface area contributed by atoms with Crippen molar-refractivity contribution in [3.8, 4) is 0 Å². The van der Waals surface area contributed by atoms with Gasteiger partial charge in [0, 0.05) is 18.1 Å². The minimum atomic E-state index is -0.408. The minimum Gasteiger partial charge on any atom is -0.465 e. The topological polar surface area (TPSA) is 77.3 Å². The van der Waals surface area contributed by atoms with Crippen molar-refractivity contribution in [2.45, 2.75) is 26.8 Å². The van der Waals surface area contributed by atoms with Crippen molar-refractivity contribution in [3.05, 3.63) is 59.9 Å². The molecule has 7 heteroatoms. The molecule has 3 aromatic rings. The molecule has 0 saturated carbocycles. The van der Waals surface area contributed by atoms with Gasteiger partial charge in [0.25, 0.3) is 5.91 Å². The SMILES string of the molecule is CCCN(CC(=O)OCC)C(=O)c1cnc2c(cnn2Cc2ccccc2)c1. The second-order valence-electron chi connectivity index (χ2n) is 6.46. The van der Waals surface area contributed by atoms with Crippen LogP contribution in [0.25, 0.3) is 11.0 Å². The summed E-state index contributed by atoms with van der Waals surface area (Å²) in [6.45, 7) is 5.01. The van der Waals surface area contributed by atoms with E-state index in [0.29, 0.717) is 30.9 Å². The van der Waals surface area contributed by atoms with E-state index in [4.69, 9.17) is 4.74 Å². The smallest absolute Gasteiger partial charge is 0.325 e. The van der Waals surface area contributed by atoms with Gasteiger partial charge in [-0.1, -0.05) is 37.3 Å². The van der Waals surface area contributed by atoms with Crippen LogP contribution < -0.4 is 0 Å². The molecule has 0 fully saturated rings. The van der Waals surface area contributed by atoms with Crippen LogP contribution in [0.5, 0.6) is 0 Å². The van der Waals surface area contributed by atoms with Gasteiger partial charge in [-0.05, 0) is 25.0 Å². The zero-order valence-corrected chi connectivity index (χ0v) is 16.2. The first-order chi connectivity index (χ1) is 13.6. The second-order valence-corrected chi connectivity index (χ2v) is 6.46. The van der Waals surface area contributed by atoms with Crippen LogP contribution in [0.2, 0.25) is 0 Å². The summed E-state index contributed by atoms with van der Waals surface area (Å²) in [5.41, 5.74) is 2.27. The van der Waals surface area contributed by atoms with Crippen LogP contribution in [0.1, 0.15) is 36.2 Å². The molecule has 0 bridgehead atoms. The van der Waals surface area contributed by atoms with Gasteiger partial charge in [-0.25, -0.2) is 9.67 Å². The summed E-state index contributed by atoms with van der Waals surface area (Å²) in [4.78, 5) is 30.6. The summed E-state index contributed by atoms with van der Waals surface area (Å²) < 4.78 is 6.78. The van der Waals surface area contributed by atoms with Crippen molar-refractivity contribution >= 4 is 22.9 Å². The van der Waals surface area contributed by atoms with Crippen molar-refractivity contribution in [2.24, 2.45) is 0 Å². The van der Waals surface area contributed by atoms with Gasteiger partial charge in [0.15, 0.2) is 5.65 Å². The van der Waals surface area contributed by atoms with Gasteiger partial charge in [-0.2, -0.15) is 5.10 Å². The molecule has 146 valence electrons. The predicted molar refractivity (Wildman–Crippen MR) is 106 cm³/mol. The average molecular weight is 380 g/mol. The third-order valence-corrected chi connectivity index (χ3v) is 4.30. The van der Waals surface area contributed by atoms with Crippen molar-refractivity contribution in [1.82, 2.24) is 19.7 Å². The van der Waals surface area contributed by atoms with Gasteiger partial charge in [-0.15, -0.1) is 0 Å². The van der Waals surface area contributed by atoms with Gasteiger partial charge >= 0.3 is 5.97 Å². The summed E-state index contributed by atoms with van der Waals surface area (Å²) in [7, 11) is 0. The first-order valence-electron chi connectivity index (χ1n) is 9.42. The highest BCUT2D eigenvalue weighted by Crippen LogP contribution is 2.16. The molecule has 2 aromatic heterocycles. The molecule has 0 saturated heterocycles. The van der Waals surface area contributed by atoms with E-state index in [0.717, 1.165) is 17.4 Å². The molecule has 28 heavy (non-hydrogen) atoms. The van der Waals surface area contributed by atoms with Crippen LogP contribution in [-0.2, 0) is 16.1 Å². The Kier molecular flexibility index (Phi) is 6.37. The van der Waals surface area contributed by atoms with E-state index < -0.39 is 5.97 Å². The van der Waals surface area contributed by atoms with Crippen LogP contribution in [0.3, 0.4) is 0 Å². The Labute approximate surface area is 163 Å². The van der Waals surface area contributed by atoms with E-state index in [1.54, 1.807) is 30.1 Å². The lowest BCUT2D eigenvalue weighted by Crippen LogP contribution is -2.37. The van der Waals surface area contributed by atoms with E-state index in [9.17, 15) is 9.59 Å². The number of carbonyl (C=O) groups is 2. The van der Waals surface area contributed by atoms with E-state index in [-0.39, 0.29) is 12.5 Å². The number of nitrogens with zero attached hydrogens (tertiary/aromatic N) is 4. The van der Waals surface area contributed by atoms with Crippen molar-refractivity contribution in [2.75, 3.05) is 19.7 Å². The summed E-state index contributed by atoms with van der Waals surface area (Å²) in [6, 6.07) is 11.8. The maximum Gasteiger partial charge on any atom is 0.325 e.